The van der Waals surface area contributed by atoms with E-state index in [1.807, 2.05) is 0 Å². The number of anilines is 1. The summed E-state index contributed by atoms with van der Waals surface area (Å²) in [6.45, 7) is 8.98. The Hall–Kier alpha value is -1.25. The van der Waals surface area contributed by atoms with Gasteiger partial charge >= 0.3 is 0 Å². The molecule has 1 fully saturated rings. The number of hydrogen-bond donors (Lipinski definition) is 0. The van der Waals surface area contributed by atoms with E-state index in [2.05, 4.69) is 31.7 Å². The van der Waals surface area contributed by atoms with Gasteiger partial charge in [0, 0.05) is 25.1 Å². The molecule has 4 nitrogen and oxygen atoms in total. The van der Waals surface area contributed by atoms with E-state index in [0.29, 0.717) is 6.61 Å². The van der Waals surface area contributed by atoms with Crippen molar-refractivity contribution in [3.8, 4) is 6.07 Å². The smallest absolute Gasteiger partial charge is 0.135 e. The van der Waals surface area contributed by atoms with Crippen LogP contribution in [-0.4, -0.2) is 29.4 Å². The van der Waals surface area contributed by atoms with E-state index in [1.165, 1.54) is 12.8 Å². The molecule has 118 valence electrons. The second-order valence-electron chi connectivity index (χ2n) is 6.54. The Morgan fingerprint density at radius 3 is 2.68 bits per heavy atom. The molecule has 0 saturated carbocycles. The summed E-state index contributed by atoms with van der Waals surface area (Å²) in [5.41, 5.74) is 2.85. The summed E-state index contributed by atoms with van der Waals surface area (Å²) in [4.78, 5) is 7.23. The number of rotatable bonds is 3. The van der Waals surface area contributed by atoms with E-state index >= 15 is 0 Å². The lowest BCUT2D eigenvalue weighted by atomic mass is 9.89. The van der Waals surface area contributed by atoms with Crippen molar-refractivity contribution in [2.75, 3.05) is 23.7 Å². The average molecular weight is 317 g/mol. The molecule has 3 rings (SSSR count). The van der Waals surface area contributed by atoms with Gasteiger partial charge in [-0.1, -0.05) is 6.92 Å². The molecule has 0 aromatic carbocycles. The molecule has 1 aromatic rings. The van der Waals surface area contributed by atoms with Gasteiger partial charge in [0.25, 0.3) is 0 Å². The van der Waals surface area contributed by atoms with Crippen LogP contribution in [0.1, 0.15) is 50.3 Å². The number of pyridine rings is 1. The van der Waals surface area contributed by atoms with Crippen molar-refractivity contribution in [2.45, 2.75) is 57.3 Å². The second-order valence-corrected chi connectivity index (χ2v) is 7.79. The molecule has 0 unspecified atom stereocenters. The minimum atomic E-state index is -0.212. The lowest BCUT2D eigenvalue weighted by Gasteiger charge is -2.35. The van der Waals surface area contributed by atoms with Gasteiger partial charge < -0.3 is 9.64 Å². The highest BCUT2D eigenvalue weighted by Crippen LogP contribution is 2.39. The molecule has 2 aliphatic rings. The van der Waals surface area contributed by atoms with Crippen LogP contribution in [0.4, 0.5) is 5.82 Å². The third-order valence-electron chi connectivity index (χ3n) is 4.37. The van der Waals surface area contributed by atoms with Crippen LogP contribution in [0.2, 0.25) is 0 Å². The monoisotopic (exact) mass is 317 g/mol. The number of hydrogen-bond acceptors (Lipinski definition) is 5. The van der Waals surface area contributed by atoms with Crippen LogP contribution in [0.25, 0.3) is 0 Å². The molecule has 0 amide bonds. The van der Waals surface area contributed by atoms with Crippen molar-refractivity contribution in [3.05, 3.63) is 16.7 Å². The quantitative estimate of drug-likeness (QED) is 0.798. The zero-order chi connectivity index (χ0) is 15.7. The Labute approximate surface area is 136 Å². The number of thioether (sulfide) groups is 1. The summed E-state index contributed by atoms with van der Waals surface area (Å²) in [5.74, 6) is 1.98. The first kappa shape index (κ1) is 15.6. The topological polar surface area (TPSA) is 49.2 Å². The molecule has 2 aliphatic heterocycles. The molecule has 1 aromatic heterocycles. The van der Waals surface area contributed by atoms with E-state index in [9.17, 15) is 5.26 Å². The van der Waals surface area contributed by atoms with Crippen molar-refractivity contribution < 1.29 is 4.74 Å². The highest BCUT2D eigenvalue weighted by atomic mass is 32.2. The number of ether oxygens (including phenoxy) is 1. The van der Waals surface area contributed by atoms with Crippen LogP contribution in [-0.2, 0) is 17.8 Å². The number of fused-ring (bicyclic) bond motifs is 1. The van der Waals surface area contributed by atoms with Gasteiger partial charge in [0.15, 0.2) is 0 Å². The summed E-state index contributed by atoms with van der Waals surface area (Å²) in [7, 11) is 0. The fourth-order valence-corrected chi connectivity index (χ4v) is 4.01. The van der Waals surface area contributed by atoms with Crippen molar-refractivity contribution >= 4 is 17.6 Å². The summed E-state index contributed by atoms with van der Waals surface area (Å²) in [6.07, 6.45) is 3.23. The third kappa shape index (κ3) is 2.82. The summed E-state index contributed by atoms with van der Waals surface area (Å²) >= 11 is 1.67. The number of nitrogens with zero attached hydrogens (tertiary/aromatic N) is 3. The van der Waals surface area contributed by atoms with E-state index in [-0.39, 0.29) is 5.60 Å². The third-order valence-corrected chi connectivity index (χ3v) is 5.22. The first-order valence-electron chi connectivity index (χ1n) is 8.03. The van der Waals surface area contributed by atoms with Gasteiger partial charge in [-0.3, -0.25) is 0 Å². The van der Waals surface area contributed by atoms with E-state index in [0.717, 1.165) is 52.8 Å². The molecule has 1 saturated heterocycles. The fraction of sp³-hybridized carbons (Fsp3) is 0.647. The Balaban J connectivity index is 2.15. The van der Waals surface area contributed by atoms with Crippen LogP contribution in [0.3, 0.4) is 0 Å². The predicted molar refractivity (Wildman–Crippen MR) is 89.4 cm³/mol. The molecule has 3 heterocycles. The zero-order valence-corrected chi connectivity index (χ0v) is 14.4. The number of nitriles is 1. The molecular weight excluding hydrogens is 294 g/mol. The number of aromatic nitrogens is 1. The minimum absolute atomic E-state index is 0.212. The predicted octanol–water partition coefficient (Wildman–Crippen LogP) is 3.52. The molecule has 0 radical (unpaired) electrons. The molecule has 0 atom stereocenters. The molecule has 0 N–H and O–H groups in total. The summed E-state index contributed by atoms with van der Waals surface area (Å²) < 4.78 is 6.01. The lowest BCUT2D eigenvalue weighted by Crippen LogP contribution is -2.34. The van der Waals surface area contributed by atoms with Gasteiger partial charge in [0.2, 0.25) is 0 Å². The van der Waals surface area contributed by atoms with Crippen molar-refractivity contribution in [1.29, 1.82) is 5.26 Å². The SMILES string of the molecule is CCSc1nc(N2CCCC2)c2c(c1C#N)CC(C)(C)OC2. The van der Waals surface area contributed by atoms with Crippen molar-refractivity contribution in [1.82, 2.24) is 4.98 Å². The Morgan fingerprint density at radius 2 is 2.05 bits per heavy atom. The largest absolute Gasteiger partial charge is 0.370 e. The Morgan fingerprint density at radius 1 is 1.32 bits per heavy atom. The normalized spacial score (nSPS) is 19.8. The molecular formula is C17H23N3OS. The molecule has 22 heavy (non-hydrogen) atoms. The standard InChI is InChI=1S/C17H23N3OS/c1-4-22-16-13(10-18)12-9-17(2,3)21-11-14(12)15(19-16)20-7-5-6-8-20/h4-9,11H2,1-3H3. The van der Waals surface area contributed by atoms with Crippen LogP contribution in [0, 0.1) is 11.3 Å². The maximum absolute atomic E-state index is 9.67. The van der Waals surface area contributed by atoms with Crippen LogP contribution >= 0.6 is 11.8 Å². The maximum Gasteiger partial charge on any atom is 0.135 e. The second kappa shape index (κ2) is 6.10. The first-order chi connectivity index (χ1) is 10.6. The van der Waals surface area contributed by atoms with Crippen LogP contribution in [0.5, 0.6) is 0 Å². The van der Waals surface area contributed by atoms with Crippen molar-refractivity contribution in [2.24, 2.45) is 0 Å². The van der Waals surface area contributed by atoms with Gasteiger partial charge in [-0.05, 0) is 38.0 Å². The van der Waals surface area contributed by atoms with Crippen molar-refractivity contribution in [3.63, 3.8) is 0 Å². The molecule has 0 bridgehead atoms. The van der Waals surface area contributed by atoms with Gasteiger partial charge in [0.05, 0.1) is 17.8 Å². The maximum atomic E-state index is 9.67. The average Bonchev–Trinajstić information content (AvgIpc) is 2.99. The first-order valence-corrected chi connectivity index (χ1v) is 9.02. The van der Waals surface area contributed by atoms with Gasteiger partial charge in [0.1, 0.15) is 16.9 Å². The molecule has 0 aliphatic carbocycles. The highest BCUT2D eigenvalue weighted by Gasteiger charge is 2.33. The Kier molecular flexibility index (Phi) is 4.33. The molecule has 5 heteroatoms. The zero-order valence-electron chi connectivity index (χ0n) is 13.6. The van der Waals surface area contributed by atoms with Gasteiger partial charge in [-0.25, -0.2) is 4.98 Å². The lowest BCUT2D eigenvalue weighted by molar-refractivity contribution is -0.0401. The van der Waals surface area contributed by atoms with Crippen LogP contribution in [0.15, 0.2) is 5.03 Å². The minimum Gasteiger partial charge on any atom is -0.370 e. The van der Waals surface area contributed by atoms with E-state index in [1.54, 1.807) is 11.8 Å². The van der Waals surface area contributed by atoms with Crippen LogP contribution < -0.4 is 4.90 Å². The molecule has 0 spiro atoms. The fourth-order valence-electron chi connectivity index (χ4n) is 3.27. The summed E-state index contributed by atoms with van der Waals surface area (Å²) in [6, 6.07) is 2.41. The van der Waals surface area contributed by atoms with Gasteiger partial charge in [-0.2, -0.15) is 5.26 Å². The Bertz CT molecular complexity index is 615. The van der Waals surface area contributed by atoms with E-state index < -0.39 is 0 Å². The van der Waals surface area contributed by atoms with E-state index in [4.69, 9.17) is 9.72 Å². The summed E-state index contributed by atoms with van der Waals surface area (Å²) in [5, 5.41) is 10.6. The van der Waals surface area contributed by atoms with Gasteiger partial charge in [-0.15, -0.1) is 11.8 Å². The highest BCUT2D eigenvalue weighted by molar-refractivity contribution is 7.99.